The minimum Gasteiger partial charge on any atom is -0.466 e. The van der Waals surface area contributed by atoms with E-state index in [2.05, 4.69) is 26.0 Å². The monoisotopic (exact) mass is 224 g/mol. The Balaban J connectivity index is 3.69. The molecule has 0 aliphatic rings. The van der Waals surface area contributed by atoms with Crippen LogP contribution >= 0.6 is 0 Å². The minimum absolute atomic E-state index is 0.152. The first-order valence-corrected chi connectivity index (χ1v) is 6.19. The van der Waals surface area contributed by atoms with E-state index >= 15 is 0 Å². The minimum atomic E-state index is -0.152. The zero-order chi connectivity index (χ0) is 12.2. The molecule has 0 rings (SSSR count). The summed E-state index contributed by atoms with van der Waals surface area (Å²) in [7, 11) is 0. The van der Waals surface area contributed by atoms with Crippen molar-refractivity contribution in [1.29, 1.82) is 0 Å². The van der Waals surface area contributed by atoms with Crippen LogP contribution in [0.4, 0.5) is 0 Å². The van der Waals surface area contributed by atoms with Crippen LogP contribution < -0.4 is 0 Å². The van der Waals surface area contributed by atoms with Gasteiger partial charge < -0.3 is 4.74 Å². The van der Waals surface area contributed by atoms with Crippen LogP contribution in [-0.4, -0.2) is 12.6 Å². The van der Waals surface area contributed by atoms with Gasteiger partial charge in [-0.3, -0.25) is 4.79 Å². The van der Waals surface area contributed by atoms with Gasteiger partial charge in [-0.2, -0.15) is 0 Å². The molecule has 0 amide bonds. The molecular weight excluding hydrogens is 200 g/mol. The van der Waals surface area contributed by atoms with E-state index in [0.717, 1.165) is 6.42 Å². The molecule has 0 bridgehead atoms. The van der Waals surface area contributed by atoms with Gasteiger partial charge in [-0.15, -0.1) is 0 Å². The molecule has 0 radical (unpaired) electrons. The molecule has 0 aromatic rings. The maximum atomic E-state index is 11.0. The van der Waals surface area contributed by atoms with Gasteiger partial charge in [-0.1, -0.05) is 51.0 Å². The molecule has 92 valence electrons. The van der Waals surface area contributed by atoms with Crippen molar-refractivity contribution in [3.05, 3.63) is 24.3 Å². The Morgan fingerprint density at radius 3 is 2.56 bits per heavy atom. The highest BCUT2D eigenvalue weighted by Gasteiger charge is 1.96. The molecule has 0 saturated carbocycles. The van der Waals surface area contributed by atoms with Crippen LogP contribution in [-0.2, 0) is 9.53 Å². The molecule has 1 atom stereocenters. The molecule has 16 heavy (non-hydrogen) atoms. The van der Waals surface area contributed by atoms with Gasteiger partial charge in [0.1, 0.15) is 0 Å². The van der Waals surface area contributed by atoms with Gasteiger partial charge in [-0.05, 0) is 19.3 Å². The first-order valence-electron chi connectivity index (χ1n) is 6.19. The number of hydrogen-bond acceptors (Lipinski definition) is 2. The van der Waals surface area contributed by atoms with E-state index in [1.54, 1.807) is 0 Å². The highest BCUT2D eigenvalue weighted by Crippen LogP contribution is 2.03. The molecule has 0 aromatic carbocycles. The second-order valence-electron chi connectivity index (χ2n) is 3.87. The quantitative estimate of drug-likeness (QED) is 0.355. The fourth-order valence-corrected chi connectivity index (χ4v) is 1.30. The molecule has 2 nitrogen and oxygen atoms in total. The molecule has 0 aliphatic heterocycles. The van der Waals surface area contributed by atoms with Gasteiger partial charge in [0, 0.05) is 0 Å². The molecule has 0 fully saturated rings. The summed E-state index contributed by atoms with van der Waals surface area (Å²) in [5.41, 5.74) is 0. The van der Waals surface area contributed by atoms with Gasteiger partial charge >= 0.3 is 5.97 Å². The first-order chi connectivity index (χ1) is 7.70. The van der Waals surface area contributed by atoms with Crippen molar-refractivity contribution < 1.29 is 9.53 Å². The van der Waals surface area contributed by atoms with E-state index in [-0.39, 0.29) is 5.97 Å². The van der Waals surface area contributed by atoms with Crippen molar-refractivity contribution in [2.45, 2.75) is 46.5 Å². The number of carbonyl (C=O) groups excluding carboxylic acids is 1. The van der Waals surface area contributed by atoms with Crippen molar-refractivity contribution in [3.63, 3.8) is 0 Å². The van der Waals surface area contributed by atoms with Crippen molar-refractivity contribution in [2.24, 2.45) is 5.92 Å². The average molecular weight is 224 g/mol. The smallest absolute Gasteiger partial charge is 0.309 e. The lowest BCUT2D eigenvalue weighted by Crippen LogP contribution is -2.01. The Morgan fingerprint density at radius 1 is 1.25 bits per heavy atom. The lowest BCUT2D eigenvalue weighted by atomic mass is 10.1. The third-order valence-electron chi connectivity index (χ3n) is 2.19. The molecule has 0 aliphatic carbocycles. The van der Waals surface area contributed by atoms with Gasteiger partial charge in [0.25, 0.3) is 0 Å². The highest BCUT2D eigenvalue weighted by atomic mass is 16.5. The number of esters is 1. The largest absolute Gasteiger partial charge is 0.466 e. The maximum absolute atomic E-state index is 11.0. The Morgan fingerprint density at radius 2 is 1.94 bits per heavy atom. The van der Waals surface area contributed by atoms with Crippen molar-refractivity contribution in [1.82, 2.24) is 0 Å². The molecule has 0 aromatic heterocycles. The van der Waals surface area contributed by atoms with Gasteiger partial charge in [0.15, 0.2) is 0 Å². The Kier molecular flexibility index (Phi) is 9.78. The highest BCUT2D eigenvalue weighted by molar-refractivity contribution is 5.71. The van der Waals surface area contributed by atoms with Crippen LogP contribution in [0.25, 0.3) is 0 Å². The molecule has 0 saturated heterocycles. The summed E-state index contributed by atoms with van der Waals surface area (Å²) in [5, 5.41) is 0. The van der Waals surface area contributed by atoms with E-state index in [1.165, 1.54) is 12.8 Å². The van der Waals surface area contributed by atoms with E-state index in [9.17, 15) is 4.79 Å². The number of allylic oxidation sites excluding steroid dienone is 3. The molecule has 0 heterocycles. The molecule has 0 N–H and O–H groups in total. The van der Waals surface area contributed by atoms with Gasteiger partial charge in [0.2, 0.25) is 0 Å². The first kappa shape index (κ1) is 14.9. The second-order valence-corrected chi connectivity index (χ2v) is 3.87. The van der Waals surface area contributed by atoms with E-state index in [1.807, 2.05) is 19.1 Å². The second kappa shape index (κ2) is 10.5. The van der Waals surface area contributed by atoms with Gasteiger partial charge in [-0.25, -0.2) is 0 Å². The van der Waals surface area contributed by atoms with Crippen molar-refractivity contribution >= 4 is 5.97 Å². The summed E-state index contributed by atoms with van der Waals surface area (Å²) in [6.07, 6.45) is 12.3. The summed E-state index contributed by atoms with van der Waals surface area (Å²) >= 11 is 0. The fourth-order valence-electron chi connectivity index (χ4n) is 1.30. The van der Waals surface area contributed by atoms with Crippen LogP contribution in [0.15, 0.2) is 24.3 Å². The average Bonchev–Trinajstić information content (AvgIpc) is 2.25. The molecule has 2 heteroatoms. The summed E-state index contributed by atoms with van der Waals surface area (Å²) < 4.78 is 4.83. The Bertz CT molecular complexity index is 229. The van der Waals surface area contributed by atoms with Crippen LogP contribution in [0.3, 0.4) is 0 Å². The van der Waals surface area contributed by atoms with E-state index < -0.39 is 0 Å². The van der Waals surface area contributed by atoms with Gasteiger partial charge in [0.05, 0.1) is 13.0 Å². The summed E-state index contributed by atoms with van der Waals surface area (Å²) in [5.74, 6) is 0.243. The standard InChI is InChI=1S/C14H24O2/c1-4-6-7-8-10-13(3)11-9-12-14(15)16-5-2/h8-11,13H,4-7,12H2,1-3H3/b10-8+,11-9-. The zero-order valence-electron chi connectivity index (χ0n) is 10.7. The normalized spacial score (nSPS) is 13.4. The molecule has 1 unspecified atom stereocenters. The Hall–Kier alpha value is -1.05. The molecular formula is C14H24O2. The van der Waals surface area contributed by atoms with Crippen LogP contribution in [0.2, 0.25) is 0 Å². The lowest BCUT2D eigenvalue weighted by Gasteiger charge is -1.99. The predicted molar refractivity (Wildman–Crippen MR) is 68.2 cm³/mol. The number of unbranched alkanes of at least 4 members (excludes halogenated alkanes) is 2. The van der Waals surface area contributed by atoms with Crippen molar-refractivity contribution in [3.8, 4) is 0 Å². The zero-order valence-corrected chi connectivity index (χ0v) is 10.7. The van der Waals surface area contributed by atoms with Crippen molar-refractivity contribution in [2.75, 3.05) is 6.61 Å². The lowest BCUT2D eigenvalue weighted by molar-refractivity contribution is -0.142. The third-order valence-corrected chi connectivity index (χ3v) is 2.19. The summed E-state index contributed by atoms with van der Waals surface area (Å²) in [4.78, 5) is 11.0. The third kappa shape index (κ3) is 9.50. The Labute approximate surface area is 99.4 Å². The number of ether oxygens (including phenoxy) is 1. The number of carbonyl (C=O) groups is 1. The van der Waals surface area contributed by atoms with E-state index in [0.29, 0.717) is 18.9 Å². The van der Waals surface area contributed by atoms with Crippen LogP contribution in [0, 0.1) is 5.92 Å². The summed E-state index contributed by atoms with van der Waals surface area (Å²) in [6.45, 7) is 6.58. The van der Waals surface area contributed by atoms with E-state index in [4.69, 9.17) is 4.74 Å². The topological polar surface area (TPSA) is 26.3 Å². The number of rotatable bonds is 8. The molecule has 0 spiro atoms. The summed E-state index contributed by atoms with van der Waals surface area (Å²) in [6, 6.07) is 0. The number of hydrogen-bond donors (Lipinski definition) is 0. The maximum Gasteiger partial charge on any atom is 0.309 e. The SMILES string of the molecule is CCCC/C=C/C(C)/C=C\CC(=O)OCC. The van der Waals surface area contributed by atoms with Crippen LogP contribution in [0.1, 0.15) is 46.5 Å². The fraction of sp³-hybridized carbons (Fsp3) is 0.643. The van der Waals surface area contributed by atoms with Crippen LogP contribution in [0.5, 0.6) is 0 Å². The predicted octanol–water partition coefficient (Wildman–Crippen LogP) is 3.88.